The zero-order valence-corrected chi connectivity index (χ0v) is 13.7. The van der Waals surface area contributed by atoms with Crippen molar-refractivity contribution >= 4 is 11.7 Å². The summed E-state index contributed by atoms with van der Waals surface area (Å²) in [5.74, 6) is 0.718. The Hall–Kier alpha value is -2.54. The molecular weight excluding hydrogens is 308 g/mol. The van der Waals surface area contributed by atoms with E-state index in [2.05, 4.69) is 15.7 Å². The van der Waals surface area contributed by atoms with Gasteiger partial charge >= 0.3 is 6.03 Å². The predicted molar refractivity (Wildman–Crippen MR) is 90.0 cm³/mol. The molecule has 2 amide bonds. The van der Waals surface area contributed by atoms with E-state index in [4.69, 9.17) is 9.47 Å². The van der Waals surface area contributed by atoms with Gasteiger partial charge < -0.3 is 20.1 Å². The Balaban J connectivity index is 1.47. The van der Waals surface area contributed by atoms with E-state index < -0.39 is 0 Å². The van der Waals surface area contributed by atoms with Crippen molar-refractivity contribution < 1.29 is 14.3 Å². The number of carbonyl (C=O) groups excluding carboxylic acids is 1. The van der Waals surface area contributed by atoms with Crippen molar-refractivity contribution in [2.24, 2.45) is 7.05 Å². The molecule has 0 aliphatic carbocycles. The second-order valence-corrected chi connectivity index (χ2v) is 5.80. The van der Waals surface area contributed by atoms with E-state index in [1.165, 1.54) is 0 Å². The molecule has 2 aromatic rings. The summed E-state index contributed by atoms with van der Waals surface area (Å²) in [5.41, 5.74) is 1.63. The second kappa shape index (κ2) is 7.83. The Bertz CT molecular complexity index is 680. The van der Waals surface area contributed by atoms with Gasteiger partial charge in [-0.1, -0.05) is 6.07 Å². The van der Waals surface area contributed by atoms with E-state index in [-0.39, 0.29) is 12.1 Å². The van der Waals surface area contributed by atoms with Crippen LogP contribution in [0.25, 0.3) is 0 Å². The Kier molecular flexibility index (Phi) is 5.32. The van der Waals surface area contributed by atoms with Gasteiger partial charge in [0, 0.05) is 43.7 Å². The molecule has 1 saturated heterocycles. The minimum absolute atomic E-state index is 0.171. The molecule has 24 heavy (non-hydrogen) atoms. The lowest BCUT2D eigenvalue weighted by Crippen LogP contribution is -2.28. The molecule has 3 rings (SSSR count). The van der Waals surface area contributed by atoms with Gasteiger partial charge in [0.05, 0.1) is 12.3 Å². The van der Waals surface area contributed by atoms with Crippen LogP contribution in [0.1, 0.15) is 18.4 Å². The number of ether oxygens (including phenoxy) is 2. The molecule has 1 aromatic heterocycles. The Morgan fingerprint density at radius 1 is 1.50 bits per heavy atom. The average Bonchev–Trinajstić information content (AvgIpc) is 3.23. The number of anilines is 1. The summed E-state index contributed by atoms with van der Waals surface area (Å²) in [4.78, 5) is 12.0. The van der Waals surface area contributed by atoms with Crippen molar-refractivity contribution in [2.75, 3.05) is 18.5 Å². The van der Waals surface area contributed by atoms with E-state index in [1.807, 2.05) is 31.4 Å². The van der Waals surface area contributed by atoms with Crippen LogP contribution in [0.15, 0.2) is 36.7 Å². The number of nitrogens with zero attached hydrogens (tertiary/aromatic N) is 2. The van der Waals surface area contributed by atoms with E-state index in [0.29, 0.717) is 18.8 Å². The Labute approximate surface area is 140 Å². The summed E-state index contributed by atoms with van der Waals surface area (Å²) in [7, 11) is 1.84. The van der Waals surface area contributed by atoms with Gasteiger partial charge in [-0.15, -0.1) is 0 Å². The topological polar surface area (TPSA) is 77.4 Å². The number of hydrogen-bond acceptors (Lipinski definition) is 4. The van der Waals surface area contributed by atoms with Crippen molar-refractivity contribution in [1.82, 2.24) is 15.1 Å². The molecule has 2 heterocycles. The van der Waals surface area contributed by atoms with Crippen LogP contribution in [-0.2, 0) is 18.3 Å². The van der Waals surface area contributed by atoms with Crippen LogP contribution in [0.4, 0.5) is 10.5 Å². The van der Waals surface area contributed by atoms with Crippen LogP contribution >= 0.6 is 0 Å². The molecule has 0 saturated carbocycles. The first kappa shape index (κ1) is 16.3. The summed E-state index contributed by atoms with van der Waals surface area (Å²) < 4.78 is 13.0. The van der Waals surface area contributed by atoms with Gasteiger partial charge in [0.25, 0.3) is 0 Å². The summed E-state index contributed by atoms with van der Waals surface area (Å²) >= 11 is 0. The molecule has 7 heteroatoms. The van der Waals surface area contributed by atoms with Crippen LogP contribution < -0.4 is 15.4 Å². The zero-order chi connectivity index (χ0) is 16.8. The molecule has 7 nitrogen and oxygen atoms in total. The standard InChI is InChI=1S/C17H22N4O3/c1-21-11-13(10-19-21)9-18-17(22)20-14-4-2-5-15(8-14)24-12-16-6-3-7-23-16/h2,4-5,8,10-11,16H,3,6-7,9,12H2,1H3,(H2,18,20,22)/t16-/m1/s1. The minimum Gasteiger partial charge on any atom is -0.491 e. The van der Waals surface area contributed by atoms with Crippen molar-refractivity contribution in [3.63, 3.8) is 0 Å². The highest BCUT2D eigenvalue weighted by molar-refractivity contribution is 5.89. The smallest absolute Gasteiger partial charge is 0.319 e. The monoisotopic (exact) mass is 330 g/mol. The van der Waals surface area contributed by atoms with Gasteiger partial charge in [0.15, 0.2) is 0 Å². The van der Waals surface area contributed by atoms with E-state index in [9.17, 15) is 4.79 Å². The summed E-state index contributed by atoms with van der Waals surface area (Å²) in [5, 5.41) is 9.65. The molecule has 1 aromatic carbocycles. The number of carbonyl (C=O) groups is 1. The highest BCUT2D eigenvalue weighted by Gasteiger charge is 2.16. The molecule has 1 aliphatic heterocycles. The van der Waals surface area contributed by atoms with Crippen LogP contribution in [0.2, 0.25) is 0 Å². The van der Waals surface area contributed by atoms with Crippen LogP contribution in [0.3, 0.4) is 0 Å². The molecule has 0 spiro atoms. The molecular formula is C17H22N4O3. The van der Waals surface area contributed by atoms with Gasteiger partial charge in [-0.3, -0.25) is 4.68 Å². The number of urea groups is 1. The molecule has 0 unspecified atom stereocenters. The van der Waals surface area contributed by atoms with E-state index >= 15 is 0 Å². The highest BCUT2D eigenvalue weighted by atomic mass is 16.5. The minimum atomic E-state index is -0.268. The lowest BCUT2D eigenvalue weighted by molar-refractivity contribution is 0.0680. The SMILES string of the molecule is Cn1cc(CNC(=O)Nc2cccc(OC[C@H]3CCCO3)c2)cn1. The number of nitrogens with one attached hydrogen (secondary N) is 2. The van der Waals surface area contributed by atoms with Crippen molar-refractivity contribution in [3.05, 3.63) is 42.2 Å². The molecule has 1 fully saturated rings. The number of benzene rings is 1. The summed E-state index contributed by atoms with van der Waals surface area (Å²) in [6.07, 6.45) is 5.88. The third-order valence-corrected chi connectivity index (χ3v) is 3.76. The maximum Gasteiger partial charge on any atom is 0.319 e. The van der Waals surface area contributed by atoms with Gasteiger partial charge in [0.2, 0.25) is 0 Å². The number of hydrogen-bond donors (Lipinski definition) is 2. The average molecular weight is 330 g/mol. The Morgan fingerprint density at radius 2 is 2.42 bits per heavy atom. The first-order valence-corrected chi connectivity index (χ1v) is 8.06. The Morgan fingerprint density at radius 3 is 3.17 bits per heavy atom. The van der Waals surface area contributed by atoms with E-state index in [0.717, 1.165) is 30.8 Å². The molecule has 1 aliphatic rings. The van der Waals surface area contributed by atoms with Gasteiger partial charge in [0.1, 0.15) is 12.4 Å². The predicted octanol–water partition coefficient (Wildman–Crippen LogP) is 2.30. The normalized spacial score (nSPS) is 16.8. The van der Waals surface area contributed by atoms with Crippen molar-refractivity contribution in [1.29, 1.82) is 0 Å². The zero-order valence-electron chi connectivity index (χ0n) is 13.7. The maximum absolute atomic E-state index is 12.0. The van der Waals surface area contributed by atoms with E-state index in [1.54, 1.807) is 16.9 Å². The first-order chi connectivity index (χ1) is 11.7. The molecule has 128 valence electrons. The van der Waals surface area contributed by atoms with Crippen LogP contribution in [0, 0.1) is 0 Å². The van der Waals surface area contributed by atoms with Gasteiger partial charge in [-0.2, -0.15) is 5.10 Å². The molecule has 0 radical (unpaired) electrons. The fraction of sp³-hybridized carbons (Fsp3) is 0.412. The van der Waals surface area contributed by atoms with Crippen LogP contribution in [-0.4, -0.2) is 35.1 Å². The lowest BCUT2D eigenvalue weighted by atomic mass is 10.2. The number of rotatable bonds is 6. The van der Waals surface area contributed by atoms with Crippen molar-refractivity contribution in [3.8, 4) is 5.75 Å². The van der Waals surface area contributed by atoms with Gasteiger partial charge in [-0.05, 0) is 25.0 Å². The second-order valence-electron chi connectivity index (χ2n) is 5.80. The fourth-order valence-corrected chi connectivity index (χ4v) is 2.55. The van der Waals surface area contributed by atoms with Crippen LogP contribution in [0.5, 0.6) is 5.75 Å². The third-order valence-electron chi connectivity index (χ3n) is 3.76. The molecule has 1 atom stereocenters. The third kappa shape index (κ3) is 4.73. The fourth-order valence-electron chi connectivity index (χ4n) is 2.55. The highest BCUT2D eigenvalue weighted by Crippen LogP contribution is 2.19. The number of aryl methyl sites for hydroxylation is 1. The number of amides is 2. The quantitative estimate of drug-likeness (QED) is 0.852. The largest absolute Gasteiger partial charge is 0.491 e. The lowest BCUT2D eigenvalue weighted by Gasteiger charge is -2.12. The molecule has 0 bridgehead atoms. The molecule has 2 N–H and O–H groups in total. The number of aromatic nitrogens is 2. The van der Waals surface area contributed by atoms with Crippen molar-refractivity contribution in [2.45, 2.75) is 25.5 Å². The maximum atomic E-state index is 12.0. The summed E-state index contributed by atoms with van der Waals surface area (Å²) in [6.45, 7) is 1.78. The first-order valence-electron chi connectivity index (χ1n) is 8.06. The summed E-state index contributed by atoms with van der Waals surface area (Å²) in [6, 6.07) is 7.08. The van der Waals surface area contributed by atoms with Gasteiger partial charge in [-0.25, -0.2) is 4.79 Å².